The molecule has 0 aromatic carbocycles. The van der Waals surface area contributed by atoms with E-state index in [0.29, 0.717) is 11.7 Å². The molecular weight excluding hydrogens is 318 g/mol. The summed E-state index contributed by atoms with van der Waals surface area (Å²) in [5.41, 5.74) is -0.669. The quantitative estimate of drug-likeness (QED) is 0.625. The average Bonchev–Trinajstić information content (AvgIpc) is 2.87. The van der Waals surface area contributed by atoms with Crippen molar-refractivity contribution in [3.05, 3.63) is 0 Å². The average molecular weight is 347 g/mol. The number of rotatable bonds is 8. The predicted molar refractivity (Wildman–Crippen MR) is 90.7 cm³/mol. The normalized spacial score (nSPS) is 18.4. The van der Waals surface area contributed by atoms with Crippen LogP contribution in [0.4, 0.5) is 4.79 Å². The molecule has 1 amide bonds. The number of hydrogen-bond acceptors (Lipinski definition) is 5. The van der Waals surface area contributed by atoms with E-state index in [1.165, 1.54) is 37.4 Å². The summed E-state index contributed by atoms with van der Waals surface area (Å²) in [6.07, 6.45) is 4.47. The first-order valence-corrected chi connectivity index (χ1v) is 9.31. The molecule has 0 spiro atoms. The lowest BCUT2D eigenvalue weighted by atomic mass is 10.0. The van der Waals surface area contributed by atoms with E-state index in [2.05, 4.69) is 5.32 Å². The van der Waals surface area contributed by atoms with Gasteiger partial charge in [0.1, 0.15) is 11.6 Å². The second-order valence-electron chi connectivity index (χ2n) is 7.11. The number of carbonyl (C=O) groups excluding carboxylic acids is 1. The maximum Gasteiger partial charge on any atom is 0.408 e. The van der Waals surface area contributed by atoms with Gasteiger partial charge in [0, 0.05) is 11.5 Å². The monoisotopic (exact) mass is 347 g/mol. The zero-order valence-corrected chi connectivity index (χ0v) is 15.0. The predicted octanol–water partition coefficient (Wildman–Crippen LogP) is 2.64. The summed E-state index contributed by atoms with van der Waals surface area (Å²) < 4.78 is 5.06. The minimum absolute atomic E-state index is 0.205. The molecular formula is C16H29NO5S. The summed E-state index contributed by atoms with van der Waals surface area (Å²) >= 11 is 1.34. The first kappa shape index (κ1) is 20.1. The molecule has 0 aromatic heterocycles. The van der Waals surface area contributed by atoms with Crippen molar-refractivity contribution in [1.82, 2.24) is 5.32 Å². The molecule has 23 heavy (non-hydrogen) atoms. The number of aliphatic carboxylic acids is 1. The molecule has 6 nitrogen and oxygen atoms in total. The summed E-state index contributed by atoms with van der Waals surface area (Å²) in [6.45, 7) is 5.16. The summed E-state index contributed by atoms with van der Waals surface area (Å²) in [6, 6.07) is -1.02. The fourth-order valence-corrected chi connectivity index (χ4v) is 3.65. The van der Waals surface area contributed by atoms with E-state index >= 15 is 0 Å². The van der Waals surface area contributed by atoms with Crippen molar-refractivity contribution in [1.29, 1.82) is 0 Å². The number of aliphatic hydroxyl groups excluding tert-OH is 1. The second-order valence-corrected chi connectivity index (χ2v) is 8.19. The summed E-state index contributed by atoms with van der Waals surface area (Å²) in [5.74, 6) is 0.182. The van der Waals surface area contributed by atoms with Crippen LogP contribution in [0.1, 0.15) is 52.9 Å². The first-order valence-electron chi connectivity index (χ1n) is 8.15. The third kappa shape index (κ3) is 9.05. The number of hydrogen-bond donors (Lipinski definition) is 3. The molecule has 0 aromatic rings. The number of carboxylic acids is 1. The van der Waals surface area contributed by atoms with Gasteiger partial charge in [0.05, 0.1) is 6.10 Å². The van der Waals surface area contributed by atoms with E-state index in [1.54, 1.807) is 20.8 Å². The van der Waals surface area contributed by atoms with Gasteiger partial charge in [0.2, 0.25) is 0 Å². The van der Waals surface area contributed by atoms with Crippen LogP contribution in [0.15, 0.2) is 0 Å². The van der Waals surface area contributed by atoms with Crippen molar-refractivity contribution in [2.24, 2.45) is 5.92 Å². The molecule has 1 aliphatic carbocycles. The highest BCUT2D eigenvalue weighted by molar-refractivity contribution is 7.99. The fourth-order valence-electron chi connectivity index (χ4n) is 2.65. The van der Waals surface area contributed by atoms with Gasteiger partial charge in [0.15, 0.2) is 0 Å². The molecule has 0 radical (unpaired) electrons. The number of ether oxygens (including phenoxy) is 1. The van der Waals surface area contributed by atoms with Crippen LogP contribution in [0.3, 0.4) is 0 Å². The van der Waals surface area contributed by atoms with Gasteiger partial charge in [-0.15, -0.1) is 0 Å². The van der Waals surface area contributed by atoms with Gasteiger partial charge in [-0.25, -0.2) is 9.59 Å². The van der Waals surface area contributed by atoms with Crippen molar-refractivity contribution in [3.63, 3.8) is 0 Å². The minimum atomic E-state index is -1.10. The minimum Gasteiger partial charge on any atom is -0.480 e. The Morgan fingerprint density at radius 1 is 1.26 bits per heavy atom. The van der Waals surface area contributed by atoms with Gasteiger partial charge in [-0.05, 0) is 33.1 Å². The molecule has 7 heteroatoms. The Bertz CT molecular complexity index is 390. The van der Waals surface area contributed by atoms with Crippen LogP contribution in [0, 0.1) is 5.92 Å². The number of alkyl carbamates (subject to hydrolysis) is 1. The van der Waals surface area contributed by atoms with E-state index in [4.69, 9.17) is 9.84 Å². The van der Waals surface area contributed by atoms with Gasteiger partial charge in [-0.1, -0.05) is 25.7 Å². The summed E-state index contributed by atoms with van der Waals surface area (Å²) in [4.78, 5) is 22.9. The molecule has 1 aliphatic rings. The largest absolute Gasteiger partial charge is 0.480 e. The van der Waals surface area contributed by atoms with Crippen molar-refractivity contribution in [2.75, 3.05) is 11.5 Å². The van der Waals surface area contributed by atoms with E-state index in [0.717, 1.165) is 6.42 Å². The Labute approximate surface area is 142 Å². The molecule has 3 N–H and O–H groups in total. The maximum atomic E-state index is 11.6. The molecule has 2 atom stereocenters. The highest BCUT2D eigenvalue weighted by atomic mass is 32.2. The van der Waals surface area contributed by atoms with Gasteiger partial charge >= 0.3 is 12.1 Å². The van der Waals surface area contributed by atoms with Gasteiger partial charge in [-0.3, -0.25) is 0 Å². The van der Waals surface area contributed by atoms with E-state index in [-0.39, 0.29) is 5.75 Å². The van der Waals surface area contributed by atoms with Crippen LogP contribution in [0.5, 0.6) is 0 Å². The third-order valence-electron chi connectivity index (χ3n) is 3.66. The first-order chi connectivity index (χ1) is 10.7. The Balaban J connectivity index is 2.29. The Kier molecular flexibility index (Phi) is 8.19. The second kappa shape index (κ2) is 9.37. The fraction of sp³-hybridized carbons (Fsp3) is 0.875. The standard InChI is InChI=1S/C16H29NO5S/c1-16(2,3)22-15(21)17-13(14(19)20)10-23-9-12(18)8-11-6-4-5-7-11/h11-13,18H,4-10H2,1-3H3,(H,17,21)(H,19,20). The highest BCUT2D eigenvalue weighted by Crippen LogP contribution is 2.29. The highest BCUT2D eigenvalue weighted by Gasteiger charge is 2.25. The third-order valence-corrected chi connectivity index (χ3v) is 4.85. The van der Waals surface area contributed by atoms with Crippen molar-refractivity contribution in [3.8, 4) is 0 Å². The molecule has 2 unspecified atom stereocenters. The Hall–Kier alpha value is -0.950. The number of aliphatic hydroxyl groups is 1. The van der Waals surface area contributed by atoms with Crippen molar-refractivity contribution in [2.45, 2.75) is 70.6 Å². The molecule has 1 rings (SSSR count). The molecule has 134 valence electrons. The van der Waals surface area contributed by atoms with E-state index in [1.807, 2.05) is 0 Å². The molecule has 0 aliphatic heterocycles. The lowest BCUT2D eigenvalue weighted by Crippen LogP contribution is -2.45. The maximum absolute atomic E-state index is 11.6. The molecule has 1 saturated carbocycles. The molecule has 1 fully saturated rings. The number of carboxylic acid groups (broad SMARTS) is 1. The zero-order chi connectivity index (χ0) is 17.5. The lowest BCUT2D eigenvalue weighted by Gasteiger charge is -2.22. The zero-order valence-electron chi connectivity index (χ0n) is 14.2. The van der Waals surface area contributed by atoms with E-state index in [9.17, 15) is 14.7 Å². The summed E-state index contributed by atoms with van der Waals surface area (Å²) in [7, 11) is 0. The smallest absolute Gasteiger partial charge is 0.408 e. The van der Waals surface area contributed by atoms with E-state index < -0.39 is 29.8 Å². The number of nitrogens with one attached hydrogen (secondary N) is 1. The van der Waals surface area contributed by atoms with Crippen molar-refractivity contribution < 1.29 is 24.5 Å². The topological polar surface area (TPSA) is 95.9 Å². The molecule has 0 heterocycles. The Morgan fingerprint density at radius 3 is 2.39 bits per heavy atom. The van der Waals surface area contributed by atoms with Crippen LogP contribution in [-0.2, 0) is 9.53 Å². The van der Waals surface area contributed by atoms with Crippen LogP contribution >= 0.6 is 11.8 Å². The van der Waals surface area contributed by atoms with Gasteiger partial charge in [-0.2, -0.15) is 11.8 Å². The number of amides is 1. The number of thioether (sulfide) groups is 1. The lowest BCUT2D eigenvalue weighted by molar-refractivity contribution is -0.138. The van der Waals surface area contributed by atoms with Crippen molar-refractivity contribution >= 4 is 23.8 Å². The summed E-state index contributed by atoms with van der Waals surface area (Å²) in [5, 5.41) is 21.5. The van der Waals surface area contributed by atoms with Crippen LogP contribution in [-0.4, -0.2) is 51.5 Å². The van der Waals surface area contributed by atoms with Gasteiger partial charge in [0.25, 0.3) is 0 Å². The van der Waals surface area contributed by atoms with Crippen LogP contribution < -0.4 is 5.32 Å². The SMILES string of the molecule is CC(C)(C)OC(=O)NC(CSCC(O)CC1CCCC1)C(=O)O. The van der Waals surface area contributed by atoms with Crippen LogP contribution in [0.2, 0.25) is 0 Å². The number of carbonyl (C=O) groups is 2. The molecule has 0 saturated heterocycles. The van der Waals surface area contributed by atoms with Crippen LogP contribution in [0.25, 0.3) is 0 Å². The Morgan fingerprint density at radius 2 is 1.87 bits per heavy atom. The molecule has 0 bridgehead atoms. The van der Waals surface area contributed by atoms with Gasteiger partial charge < -0.3 is 20.3 Å².